The smallest absolute Gasteiger partial charge is 0.254 e. The van der Waals surface area contributed by atoms with Crippen LogP contribution >= 0.6 is 0 Å². The predicted octanol–water partition coefficient (Wildman–Crippen LogP) is 2.34. The van der Waals surface area contributed by atoms with Crippen LogP contribution in [-0.4, -0.2) is 52.8 Å². The monoisotopic (exact) mass is 315 g/mol. The lowest BCUT2D eigenvalue weighted by atomic mass is 9.86. The van der Waals surface area contributed by atoms with Gasteiger partial charge in [-0.15, -0.1) is 0 Å². The van der Waals surface area contributed by atoms with E-state index in [2.05, 4.69) is 4.98 Å². The minimum Gasteiger partial charge on any atom is -0.339 e. The summed E-state index contributed by atoms with van der Waals surface area (Å²) in [7, 11) is 0. The lowest BCUT2D eigenvalue weighted by Gasteiger charge is -2.35. The molecule has 0 N–H and O–H groups in total. The first-order valence-electron chi connectivity index (χ1n) is 8.71. The van der Waals surface area contributed by atoms with E-state index in [9.17, 15) is 9.59 Å². The van der Waals surface area contributed by atoms with Gasteiger partial charge in [0, 0.05) is 50.6 Å². The molecule has 2 amide bonds. The van der Waals surface area contributed by atoms with Crippen LogP contribution in [0.25, 0.3) is 0 Å². The first kappa shape index (κ1) is 16.0. The van der Waals surface area contributed by atoms with Gasteiger partial charge in [0.15, 0.2) is 0 Å². The van der Waals surface area contributed by atoms with E-state index in [1.807, 2.05) is 9.80 Å². The first-order chi connectivity index (χ1) is 11.2. The number of nitrogens with zero attached hydrogens (tertiary/aromatic N) is 3. The Morgan fingerprint density at radius 2 is 1.57 bits per heavy atom. The summed E-state index contributed by atoms with van der Waals surface area (Å²) in [6.07, 6.45) is 10.2. The van der Waals surface area contributed by atoms with Gasteiger partial charge in [-0.25, -0.2) is 0 Å². The van der Waals surface area contributed by atoms with Crippen molar-refractivity contribution in [1.82, 2.24) is 14.8 Å². The predicted molar refractivity (Wildman–Crippen MR) is 87.9 cm³/mol. The Morgan fingerprint density at radius 1 is 0.957 bits per heavy atom. The SMILES string of the molecule is O=C(CC1CCCCC1)N1CCN(C(=O)c2ccncc2)CC1. The third-order valence-electron chi connectivity index (χ3n) is 5.03. The Balaban J connectivity index is 1.48. The molecule has 0 radical (unpaired) electrons. The van der Waals surface area contributed by atoms with Gasteiger partial charge in [0.05, 0.1) is 0 Å². The number of rotatable bonds is 3. The molecule has 5 nitrogen and oxygen atoms in total. The number of piperazine rings is 1. The zero-order chi connectivity index (χ0) is 16.1. The second-order valence-electron chi connectivity index (χ2n) is 6.62. The van der Waals surface area contributed by atoms with E-state index in [1.165, 1.54) is 32.1 Å². The van der Waals surface area contributed by atoms with Crippen LogP contribution in [-0.2, 0) is 4.79 Å². The molecular weight excluding hydrogens is 290 g/mol. The van der Waals surface area contributed by atoms with Crippen molar-refractivity contribution in [3.8, 4) is 0 Å². The van der Waals surface area contributed by atoms with Gasteiger partial charge in [0.2, 0.25) is 5.91 Å². The highest BCUT2D eigenvalue weighted by atomic mass is 16.2. The molecule has 0 bridgehead atoms. The first-order valence-corrected chi connectivity index (χ1v) is 8.71. The number of hydrogen-bond donors (Lipinski definition) is 0. The molecule has 3 rings (SSSR count). The fourth-order valence-corrected chi connectivity index (χ4v) is 3.60. The number of hydrogen-bond acceptors (Lipinski definition) is 3. The molecule has 1 aromatic rings. The number of amides is 2. The fourth-order valence-electron chi connectivity index (χ4n) is 3.60. The molecule has 2 fully saturated rings. The van der Waals surface area contributed by atoms with Crippen LogP contribution < -0.4 is 0 Å². The molecule has 0 aromatic carbocycles. The van der Waals surface area contributed by atoms with Crippen molar-refractivity contribution < 1.29 is 9.59 Å². The Hall–Kier alpha value is -1.91. The van der Waals surface area contributed by atoms with Gasteiger partial charge in [-0.2, -0.15) is 0 Å². The van der Waals surface area contributed by atoms with E-state index in [-0.39, 0.29) is 11.8 Å². The van der Waals surface area contributed by atoms with Gasteiger partial charge in [-0.1, -0.05) is 19.3 Å². The molecule has 124 valence electrons. The molecule has 0 unspecified atom stereocenters. The average Bonchev–Trinajstić information content (AvgIpc) is 2.63. The van der Waals surface area contributed by atoms with E-state index < -0.39 is 0 Å². The maximum atomic E-state index is 12.4. The van der Waals surface area contributed by atoms with Crippen LogP contribution in [0.3, 0.4) is 0 Å². The maximum Gasteiger partial charge on any atom is 0.254 e. The van der Waals surface area contributed by atoms with Gasteiger partial charge in [-0.05, 0) is 30.9 Å². The van der Waals surface area contributed by atoms with Crippen LogP contribution in [0.2, 0.25) is 0 Å². The van der Waals surface area contributed by atoms with E-state index in [0.29, 0.717) is 44.1 Å². The summed E-state index contributed by atoms with van der Waals surface area (Å²) in [6.45, 7) is 2.56. The highest BCUT2D eigenvalue weighted by molar-refractivity contribution is 5.94. The van der Waals surface area contributed by atoms with Crippen molar-refractivity contribution in [2.24, 2.45) is 5.92 Å². The molecule has 1 aliphatic heterocycles. The maximum absolute atomic E-state index is 12.4. The third kappa shape index (κ3) is 4.09. The molecule has 1 aromatic heterocycles. The van der Waals surface area contributed by atoms with E-state index in [1.54, 1.807) is 24.5 Å². The lowest BCUT2D eigenvalue weighted by molar-refractivity contribution is -0.133. The van der Waals surface area contributed by atoms with Crippen molar-refractivity contribution in [2.75, 3.05) is 26.2 Å². The quantitative estimate of drug-likeness (QED) is 0.860. The van der Waals surface area contributed by atoms with Gasteiger partial charge in [0.25, 0.3) is 5.91 Å². The molecule has 0 atom stereocenters. The van der Waals surface area contributed by atoms with Crippen molar-refractivity contribution >= 4 is 11.8 Å². The van der Waals surface area contributed by atoms with Crippen LogP contribution in [0.15, 0.2) is 24.5 Å². The van der Waals surface area contributed by atoms with E-state index in [4.69, 9.17) is 0 Å². The standard InChI is InChI=1S/C18H25N3O2/c22-17(14-15-4-2-1-3-5-15)20-10-12-21(13-11-20)18(23)16-6-8-19-9-7-16/h6-9,15H,1-5,10-14H2. The number of pyridine rings is 1. The van der Waals surface area contributed by atoms with Gasteiger partial charge in [-0.3, -0.25) is 14.6 Å². The molecule has 0 spiro atoms. The lowest BCUT2D eigenvalue weighted by Crippen LogP contribution is -2.50. The van der Waals surface area contributed by atoms with Gasteiger partial charge in [0.1, 0.15) is 0 Å². The summed E-state index contributed by atoms with van der Waals surface area (Å²) in [5.41, 5.74) is 0.669. The molecule has 1 saturated carbocycles. The van der Waals surface area contributed by atoms with Gasteiger partial charge < -0.3 is 9.80 Å². The highest BCUT2D eigenvalue weighted by Gasteiger charge is 2.26. The Kier molecular flexibility index (Phi) is 5.26. The fraction of sp³-hybridized carbons (Fsp3) is 0.611. The largest absolute Gasteiger partial charge is 0.339 e. The molecule has 1 aliphatic carbocycles. The molecule has 5 heteroatoms. The molecule has 2 heterocycles. The second kappa shape index (κ2) is 7.57. The van der Waals surface area contributed by atoms with Gasteiger partial charge >= 0.3 is 0 Å². The van der Waals surface area contributed by atoms with Crippen molar-refractivity contribution in [1.29, 1.82) is 0 Å². The Bertz CT molecular complexity index is 532. The van der Waals surface area contributed by atoms with Crippen LogP contribution in [0.5, 0.6) is 0 Å². The number of carbonyl (C=O) groups is 2. The second-order valence-corrected chi connectivity index (χ2v) is 6.62. The average molecular weight is 315 g/mol. The molecular formula is C18H25N3O2. The number of aromatic nitrogens is 1. The summed E-state index contributed by atoms with van der Waals surface area (Å²) in [4.78, 5) is 32.5. The zero-order valence-corrected chi connectivity index (χ0v) is 13.6. The van der Waals surface area contributed by atoms with Crippen molar-refractivity contribution in [3.05, 3.63) is 30.1 Å². The van der Waals surface area contributed by atoms with E-state index >= 15 is 0 Å². The molecule has 2 aliphatic rings. The highest BCUT2D eigenvalue weighted by Crippen LogP contribution is 2.27. The normalized spacial score (nSPS) is 19.7. The van der Waals surface area contributed by atoms with Crippen LogP contribution in [0, 0.1) is 5.92 Å². The summed E-state index contributed by atoms with van der Waals surface area (Å²) >= 11 is 0. The summed E-state index contributed by atoms with van der Waals surface area (Å²) in [5.74, 6) is 0.882. The topological polar surface area (TPSA) is 53.5 Å². The van der Waals surface area contributed by atoms with E-state index in [0.717, 1.165) is 0 Å². The zero-order valence-electron chi connectivity index (χ0n) is 13.6. The summed E-state index contributed by atoms with van der Waals surface area (Å²) in [5, 5.41) is 0. The van der Waals surface area contributed by atoms with Crippen molar-refractivity contribution in [2.45, 2.75) is 38.5 Å². The third-order valence-corrected chi connectivity index (χ3v) is 5.03. The Labute approximate surface area is 137 Å². The number of carbonyl (C=O) groups excluding carboxylic acids is 2. The summed E-state index contributed by atoms with van der Waals surface area (Å²) in [6, 6.07) is 3.48. The van der Waals surface area contributed by atoms with Crippen molar-refractivity contribution in [3.63, 3.8) is 0 Å². The minimum atomic E-state index is 0.0341. The Morgan fingerprint density at radius 3 is 2.22 bits per heavy atom. The molecule has 1 saturated heterocycles. The van der Waals surface area contributed by atoms with Crippen LogP contribution in [0.1, 0.15) is 48.9 Å². The minimum absolute atomic E-state index is 0.0341. The summed E-state index contributed by atoms with van der Waals surface area (Å²) < 4.78 is 0. The molecule has 23 heavy (non-hydrogen) atoms. The van der Waals surface area contributed by atoms with Crippen LogP contribution in [0.4, 0.5) is 0 Å².